The molecule has 0 amide bonds. The Morgan fingerprint density at radius 2 is 1.86 bits per heavy atom. The lowest BCUT2D eigenvalue weighted by Gasteiger charge is -2.09. The average molecular weight is 303 g/mol. The van der Waals surface area contributed by atoms with Crippen LogP contribution in [0.2, 0.25) is 0 Å². The van der Waals surface area contributed by atoms with Crippen molar-refractivity contribution in [2.24, 2.45) is 0 Å². The van der Waals surface area contributed by atoms with Crippen LogP contribution >= 0.6 is 0 Å². The summed E-state index contributed by atoms with van der Waals surface area (Å²) in [7, 11) is 0.533. The molecule has 2 aromatic rings. The molecule has 3 nitrogen and oxygen atoms in total. The lowest BCUT2D eigenvalue weighted by molar-refractivity contribution is 0.404. The molecule has 0 aliphatic rings. The Kier molecular flexibility index (Phi) is 5.81. The Balaban J connectivity index is 1.85. The highest BCUT2D eigenvalue weighted by atomic mass is 32.2. The second-order valence-corrected chi connectivity index (χ2v) is 6.44. The fourth-order valence-electron chi connectivity index (χ4n) is 2.19. The van der Waals surface area contributed by atoms with Gasteiger partial charge in [-0.1, -0.05) is 30.3 Å². The molecule has 2 N–H and O–H groups in total. The quantitative estimate of drug-likeness (QED) is 0.630. The van der Waals surface area contributed by atoms with Crippen LogP contribution < -0.4 is 10.5 Å². The molecule has 0 aliphatic carbocycles. The van der Waals surface area contributed by atoms with Crippen LogP contribution in [-0.2, 0) is 17.2 Å². The van der Waals surface area contributed by atoms with Crippen LogP contribution in [0.15, 0.2) is 53.4 Å². The Labute approximate surface area is 128 Å². The van der Waals surface area contributed by atoms with Gasteiger partial charge in [0.25, 0.3) is 0 Å². The van der Waals surface area contributed by atoms with E-state index >= 15 is 0 Å². The number of anilines is 1. The summed E-state index contributed by atoms with van der Waals surface area (Å²) in [5.41, 5.74) is 7.66. The molecule has 2 aromatic carbocycles. The summed E-state index contributed by atoms with van der Waals surface area (Å²) in [6, 6.07) is 15.6. The first-order valence-corrected chi connectivity index (χ1v) is 8.38. The number of aryl methyl sites for hydroxylation is 1. The van der Waals surface area contributed by atoms with E-state index in [2.05, 4.69) is 12.1 Å². The molecule has 21 heavy (non-hydrogen) atoms. The van der Waals surface area contributed by atoms with E-state index in [1.54, 1.807) is 25.3 Å². The van der Waals surface area contributed by atoms with Crippen molar-refractivity contribution < 1.29 is 8.95 Å². The van der Waals surface area contributed by atoms with Gasteiger partial charge in [0.1, 0.15) is 5.75 Å². The highest BCUT2D eigenvalue weighted by Gasteiger charge is 2.10. The van der Waals surface area contributed by atoms with Gasteiger partial charge in [0.15, 0.2) is 0 Å². The number of hydrogen-bond acceptors (Lipinski definition) is 3. The normalized spacial score (nSPS) is 12.0. The van der Waals surface area contributed by atoms with Gasteiger partial charge < -0.3 is 10.5 Å². The summed E-state index contributed by atoms with van der Waals surface area (Å²) in [4.78, 5) is 0.728. The summed E-state index contributed by atoms with van der Waals surface area (Å²) in [6.07, 6.45) is 2.99. The third-order valence-corrected chi connectivity index (χ3v) is 4.81. The number of methoxy groups -OCH3 is 1. The van der Waals surface area contributed by atoms with Gasteiger partial charge in [-0.2, -0.15) is 0 Å². The van der Waals surface area contributed by atoms with Gasteiger partial charge in [0, 0.05) is 17.5 Å². The van der Waals surface area contributed by atoms with Gasteiger partial charge >= 0.3 is 0 Å². The molecule has 0 bridgehead atoms. The number of benzene rings is 2. The zero-order chi connectivity index (χ0) is 15.1. The zero-order valence-corrected chi connectivity index (χ0v) is 13.1. The predicted molar refractivity (Wildman–Crippen MR) is 88.1 cm³/mol. The number of hydrogen-bond donors (Lipinski definition) is 1. The minimum atomic E-state index is -1.04. The Bertz CT molecular complexity index is 599. The minimum absolute atomic E-state index is 0.608. The molecule has 1 unspecified atom stereocenters. The summed E-state index contributed by atoms with van der Waals surface area (Å²) < 4.78 is 17.6. The fourth-order valence-corrected chi connectivity index (χ4v) is 3.46. The van der Waals surface area contributed by atoms with Crippen LogP contribution in [0, 0.1) is 0 Å². The van der Waals surface area contributed by atoms with Crippen LogP contribution in [0.4, 0.5) is 5.69 Å². The molecular weight excluding hydrogens is 282 g/mol. The molecule has 0 saturated heterocycles. The molecule has 0 spiro atoms. The lowest BCUT2D eigenvalue weighted by Crippen LogP contribution is -2.02. The van der Waals surface area contributed by atoms with Gasteiger partial charge in [-0.3, -0.25) is 4.21 Å². The molecular formula is C17H21NO2S. The van der Waals surface area contributed by atoms with Crippen LogP contribution in [-0.4, -0.2) is 17.1 Å². The largest absolute Gasteiger partial charge is 0.495 e. The van der Waals surface area contributed by atoms with E-state index in [4.69, 9.17) is 10.5 Å². The lowest BCUT2D eigenvalue weighted by atomic mass is 10.1. The SMILES string of the molecule is COc1cc(N)ccc1S(=O)CCCCc1ccccc1. The number of ether oxygens (including phenoxy) is 1. The summed E-state index contributed by atoms with van der Waals surface area (Å²) in [5, 5.41) is 0. The smallest absolute Gasteiger partial charge is 0.137 e. The van der Waals surface area contributed by atoms with E-state index in [1.807, 2.05) is 18.2 Å². The van der Waals surface area contributed by atoms with Crippen molar-refractivity contribution in [2.75, 3.05) is 18.6 Å². The number of rotatable bonds is 7. The van der Waals surface area contributed by atoms with Gasteiger partial charge in [0.05, 0.1) is 22.8 Å². The van der Waals surface area contributed by atoms with E-state index in [9.17, 15) is 4.21 Å². The molecule has 1 atom stereocenters. The molecule has 0 saturated carbocycles. The average Bonchev–Trinajstić information content (AvgIpc) is 2.52. The maximum atomic E-state index is 12.3. The van der Waals surface area contributed by atoms with Crippen molar-refractivity contribution in [2.45, 2.75) is 24.2 Å². The molecule has 2 rings (SSSR count). The van der Waals surface area contributed by atoms with Crippen LogP contribution in [0.1, 0.15) is 18.4 Å². The monoisotopic (exact) mass is 303 g/mol. The molecule has 112 valence electrons. The van der Waals surface area contributed by atoms with Crippen molar-refractivity contribution in [1.29, 1.82) is 0 Å². The second-order valence-electron chi connectivity index (χ2n) is 4.90. The first kappa shape index (κ1) is 15.6. The third kappa shape index (κ3) is 4.60. The van der Waals surface area contributed by atoms with E-state index in [0.717, 1.165) is 24.2 Å². The van der Waals surface area contributed by atoms with Crippen molar-refractivity contribution in [3.8, 4) is 5.75 Å². The molecule has 0 radical (unpaired) electrons. The maximum Gasteiger partial charge on any atom is 0.137 e. The number of nitrogen functional groups attached to an aromatic ring is 1. The van der Waals surface area contributed by atoms with Crippen LogP contribution in [0.3, 0.4) is 0 Å². The van der Waals surface area contributed by atoms with E-state index in [1.165, 1.54) is 5.56 Å². The third-order valence-electron chi connectivity index (χ3n) is 3.32. The van der Waals surface area contributed by atoms with Crippen molar-refractivity contribution in [3.63, 3.8) is 0 Å². The zero-order valence-electron chi connectivity index (χ0n) is 12.2. The summed E-state index contributed by atoms with van der Waals surface area (Å²) in [6.45, 7) is 0. The molecule has 0 aliphatic heterocycles. The van der Waals surface area contributed by atoms with Crippen LogP contribution in [0.25, 0.3) is 0 Å². The Morgan fingerprint density at radius 1 is 1.10 bits per heavy atom. The molecule has 0 fully saturated rings. The first-order valence-electron chi connectivity index (χ1n) is 7.06. The molecule has 0 heterocycles. The van der Waals surface area contributed by atoms with Crippen LogP contribution in [0.5, 0.6) is 5.75 Å². The van der Waals surface area contributed by atoms with Crippen molar-refractivity contribution in [1.82, 2.24) is 0 Å². The van der Waals surface area contributed by atoms with Crippen molar-refractivity contribution in [3.05, 3.63) is 54.1 Å². The highest BCUT2D eigenvalue weighted by molar-refractivity contribution is 7.85. The number of nitrogens with two attached hydrogens (primary N) is 1. The van der Waals surface area contributed by atoms with E-state index in [-0.39, 0.29) is 0 Å². The fraction of sp³-hybridized carbons (Fsp3) is 0.294. The predicted octanol–water partition coefficient (Wildman–Crippen LogP) is 3.41. The molecule has 4 heteroatoms. The second kappa shape index (κ2) is 7.84. The highest BCUT2D eigenvalue weighted by Crippen LogP contribution is 2.25. The van der Waals surface area contributed by atoms with Gasteiger partial charge in [-0.05, 0) is 37.0 Å². The topological polar surface area (TPSA) is 52.3 Å². The van der Waals surface area contributed by atoms with E-state index in [0.29, 0.717) is 17.2 Å². The summed E-state index contributed by atoms with van der Waals surface area (Å²) in [5.74, 6) is 1.25. The van der Waals surface area contributed by atoms with Gasteiger partial charge in [-0.15, -0.1) is 0 Å². The minimum Gasteiger partial charge on any atom is -0.495 e. The Hall–Kier alpha value is -1.81. The Morgan fingerprint density at radius 3 is 2.57 bits per heavy atom. The van der Waals surface area contributed by atoms with Gasteiger partial charge in [-0.25, -0.2) is 0 Å². The van der Waals surface area contributed by atoms with E-state index < -0.39 is 10.8 Å². The number of unbranched alkanes of at least 4 members (excludes halogenated alkanes) is 1. The molecule has 0 aromatic heterocycles. The standard InChI is InChI=1S/C17H21NO2S/c1-20-16-13-15(18)10-11-17(16)21(19)12-6-5-9-14-7-3-2-4-8-14/h2-4,7-8,10-11,13H,5-6,9,12,18H2,1H3. The van der Waals surface area contributed by atoms with Crippen molar-refractivity contribution >= 4 is 16.5 Å². The maximum absolute atomic E-state index is 12.3. The first-order chi connectivity index (χ1) is 10.2. The summed E-state index contributed by atoms with van der Waals surface area (Å²) >= 11 is 0. The van der Waals surface area contributed by atoms with Gasteiger partial charge in [0.2, 0.25) is 0 Å².